The second-order valence-electron chi connectivity index (χ2n) is 6.48. The summed E-state index contributed by atoms with van der Waals surface area (Å²) in [7, 11) is 1.83. The van der Waals surface area contributed by atoms with Crippen molar-refractivity contribution in [2.75, 3.05) is 37.0 Å². The van der Waals surface area contributed by atoms with Crippen LogP contribution in [0.25, 0.3) is 0 Å². The van der Waals surface area contributed by atoms with Crippen molar-refractivity contribution in [2.45, 2.75) is 19.3 Å². The Balaban J connectivity index is 1.79. The minimum Gasteiger partial charge on any atom is -0.396 e. The van der Waals surface area contributed by atoms with Crippen LogP contribution in [0.15, 0.2) is 36.5 Å². The molecule has 1 saturated heterocycles. The molecule has 24 heavy (non-hydrogen) atoms. The van der Waals surface area contributed by atoms with Gasteiger partial charge in [0.2, 0.25) is 5.95 Å². The van der Waals surface area contributed by atoms with Gasteiger partial charge in [0.05, 0.1) is 6.61 Å². The van der Waals surface area contributed by atoms with Crippen LogP contribution in [0.1, 0.15) is 18.4 Å². The summed E-state index contributed by atoms with van der Waals surface area (Å²) < 4.78 is 13.1. The van der Waals surface area contributed by atoms with Gasteiger partial charge in [-0.1, -0.05) is 12.1 Å². The number of hydrogen-bond donors (Lipinski definition) is 2. The molecule has 0 amide bonds. The van der Waals surface area contributed by atoms with E-state index in [1.807, 2.05) is 13.1 Å². The Morgan fingerprint density at radius 2 is 2.08 bits per heavy atom. The van der Waals surface area contributed by atoms with Crippen LogP contribution in [0.2, 0.25) is 0 Å². The standard InChI is InChI=1S/C18H23FN4O/c1-20-16-7-9-21-17(22-16)23-10-2-8-18(12-23,13-24)11-14-3-5-15(19)6-4-14/h3-7,9,24H,2,8,10-13H2,1H3,(H,20,21,22)/t18-/m0/s1. The number of hydrogen-bond acceptors (Lipinski definition) is 5. The van der Waals surface area contributed by atoms with Gasteiger partial charge in [-0.3, -0.25) is 0 Å². The first-order chi connectivity index (χ1) is 11.6. The Labute approximate surface area is 141 Å². The van der Waals surface area contributed by atoms with Crippen LogP contribution < -0.4 is 10.2 Å². The van der Waals surface area contributed by atoms with E-state index < -0.39 is 0 Å². The van der Waals surface area contributed by atoms with E-state index >= 15 is 0 Å². The number of nitrogens with one attached hydrogen (secondary N) is 1. The highest BCUT2D eigenvalue weighted by Crippen LogP contribution is 2.34. The number of benzene rings is 1. The van der Waals surface area contributed by atoms with Crippen molar-refractivity contribution < 1.29 is 9.50 Å². The van der Waals surface area contributed by atoms with Crippen LogP contribution in [-0.2, 0) is 6.42 Å². The molecule has 1 aliphatic heterocycles. The largest absolute Gasteiger partial charge is 0.396 e. The van der Waals surface area contributed by atoms with Gasteiger partial charge in [-0.2, -0.15) is 4.98 Å². The minimum atomic E-state index is -0.255. The Morgan fingerprint density at radius 3 is 2.79 bits per heavy atom. The van der Waals surface area contributed by atoms with Crippen LogP contribution in [0.3, 0.4) is 0 Å². The van der Waals surface area contributed by atoms with Gasteiger partial charge in [0.25, 0.3) is 0 Å². The smallest absolute Gasteiger partial charge is 0.227 e. The van der Waals surface area contributed by atoms with E-state index in [0.717, 1.165) is 30.8 Å². The number of halogens is 1. The van der Waals surface area contributed by atoms with Gasteiger partial charge >= 0.3 is 0 Å². The zero-order chi connectivity index (χ0) is 17.0. The van der Waals surface area contributed by atoms with Crippen LogP contribution in [0.5, 0.6) is 0 Å². The Hall–Kier alpha value is -2.21. The highest BCUT2D eigenvalue weighted by atomic mass is 19.1. The van der Waals surface area contributed by atoms with Crippen LogP contribution in [0, 0.1) is 11.2 Å². The van der Waals surface area contributed by atoms with Gasteiger partial charge in [-0.25, -0.2) is 9.37 Å². The van der Waals surface area contributed by atoms with Crippen molar-refractivity contribution >= 4 is 11.8 Å². The Morgan fingerprint density at radius 1 is 1.29 bits per heavy atom. The molecular weight excluding hydrogens is 307 g/mol. The van der Waals surface area contributed by atoms with E-state index in [9.17, 15) is 9.50 Å². The molecule has 2 heterocycles. The summed E-state index contributed by atoms with van der Waals surface area (Å²) in [6.45, 7) is 1.65. The van der Waals surface area contributed by atoms with Gasteiger partial charge in [0.15, 0.2) is 0 Å². The number of aliphatic hydroxyl groups is 1. The third kappa shape index (κ3) is 3.64. The number of anilines is 2. The van der Waals surface area contributed by atoms with E-state index in [1.54, 1.807) is 18.3 Å². The Kier molecular flexibility index (Phi) is 4.94. The zero-order valence-electron chi connectivity index (χ0n) is 13.9. The predicted octanol–water partition coefficient (Wildman–Crippen LogP) is 2.48. The van der Waals surface area contributed by atoms with Gasteiger partial charge in [-0.15, -0.1) is 0 Å². The van der Waals surface area contributed by atoms with Crippen LogP contribution in [-0.4, -0.2) is 41.8 Å². The van der Waals surface area contributed by atoms with Crippen molar-refractivity contribution in [1.82, 2.24) is 9.97 Å². The molecule has 1 fully saturated rings. The van der Waals surface area contributed by atoms with Crippen molar-refractivity contribution in [3.05, 3.63) is 47.9 Å². The lowest BCUT2D eigenvalue weighted by atomic mass is 9.76. The fraction of sp³-hybridized carbons (Fsp3) is 0.444. The maximum Gasteiger partial charge on any atom is 0.227 e. The number of piperidine rings is 1. The molecule has 2 aromatic rings. The molecule has 0 spiro atoms. The zero-order valence-corrected chi connectivity index (χ0v) is 13.9. The molecule has 1 aromatic carbocycles. The fourth-order valence-electron chi connectivity index (χ4n) is 3.38. The quantitative estimate of drug-likeness (QED) is 0.882. The van der Waals surface area contributed by atoms with Crippen molar-refractivity contribution in [1.29, 1.82) is 0 Å². The molecule has 6 heteroatoms. The third-order valence-electron chi connectivity index (χ3n) is 4.67. The first-order valence-electron chi connectivity index (χ1n) is 8.25. The molecule has 1 aromatic heterocycles. The van der Waals surface area contributed by atoms with E-state index in [1.165, 1.54) is 12.1 Å². The summed E-state index contributed by atoms with van der Waals surface area (Å²) in [6, 6.07) is 8.36. The predicted molar refractivity (Wildman–Crippen MR) is 92.6 cm³/mol. The third-order valence-corrected chi connectivity index (χ3v) is 4.67. The Bertz CT molecular complexity index is 679. The molecule has 2 N–H and O–H groups in total. The molecule has 0 aliphatic carbocycles. The van der Waals surface area contributed by atoms with E-state index in [2.05, 4.69) is 20.2 Å². The highest BCUT2D eigenvalue weighted by Gasteiger charge is 2.36. The fourth-order valence-corrected chi connectivity index (χ4v) is 3.38. The lowest BCUT2D eigenvalue weighted by Crippen LogP contribution is -2.47. The topological polar surface area (TPSA) is 61.3 Å². The summed E-state index contributed by atoms with van der Waals surface area (Å²) in [4.78, 5) is 11.0. The summed E-state index contributed by atoms with van der Waals surface area (Å²) in [5, 5.41) is 13.1. The molecule has 128 valence electrons. The van der Waals surface area contributed by atoms with E-state index in [4.69, 9.17) is 0 Å². The minimum absolute atomic E-state index is 0.0899. The van der Waals surface area contributed by atoms with Gasteiger partial charge in [-0.05, 0) is 43.0 Å². The number of nitrogens with zero attached hydrogens (tertiary/aromatic N) is 3. The van der Waals surface area contributed by atoms with Gasteiger partial charge in [0.1, 0.15) is 11.6 Å². The van der Waals surface area contributed by atoms with E-state index in [0.29, 0.717) is 18.9 Å². The summed E-state index contributed by atoms with van der Waals surface area (Å²) in [5.41, 5.74) is 0.784. The first kappa shape index (κ1) is 16.6. The molecule has 1 atom stereocenters. The molecule has 0 bridgehead atoms. The summed E-state index contributed by atoms with van der Waals surface area (Å²) in [6.07, 6.45) is 4.35. The number of aliphatic hydroxyl groups excluding tert-OH is 1. The van der Waals surface area contributed by atoms with Gasteiger partial charge in [0, 0.05) is 31.7 Å². The molecular formula is C18H23FN4O. The normalized spacial score (nSPS) is 20.9. The summed E-state index contributed by atoms with van der Waals surface area (Å²) >= 11 is 0. The molecule has 0 radical (unpaired) electrons. The lowest BCUT2D eigenvalue weighted by molar-refractivity contribution is 0.105. The highest BCUT2D eigenvalue weighted by molar-refractivity contribution is 5.41. The summed E-state index contributed by atoms with van der Waals surface area (Å²) in [5.74, 6) is 1.22. The lowest BCUT2D eigenvalue weighted by Gasteiger charge is -2.42. The SMILES string of the molecule is CNc1ccnc(N2CCC[C@](CO)(Cc3ccc(F)cc3)C2)n1. The van der Waals surface area contributed by atoms with Gasteiger partial charge < -0.3 is 15.3 Å². The second-order valence-corrected chi connectivity index (χ2v) is 6.48. The number of rotatable bonds is 5. The second kappa shape index (κ2) is 7.13. The van der Waals surface area contributed by atoms with Crippen molar-refractivity contribution in [3.8, 4) is 0 Å². The van der Waals surface area contributed by atoms with E-state index in [-0.39, 0.29) is 17.8 Å². The number of aromatic nitrogens is 2. The average molecular weight is 330 g/mol. The maximum atomic E-state index is 13.1. The average Bonchev–Trinajstić information content (AvgIpc) is 2.64. The maximum absolute atomic E-state index is 13.1. The molecule has 1 aliphatic rings. The monoisotopic (exact) mass is 330 g/mol. The molecule has 3 rings (SSSR count). The molecule has 5 nitrogen and oxygen atoms in total. The molecule has 0 saturated carbocycles. The van der Waals surface area contributed by atoms with Crippen LogP contribution in [0.4, 0.5) is 16.2 Å². The van der Waals surface area contributed by atoms with Crippen molar-refractivity contribution in [3.63, 3.8) is 0 Å². The van der Waals surface area contributed by atoms with Crippen LogP contribution >= 0.6 is 0 Å². The molecule has 0 unspecified atom stereocenters. The van der Waals surface area contributed by atoms with Crippen molar-refractivity contribution in [2.24, 2.45) is 5.41 Å². The first-order valence-corrected chi connectivity index (χ1v) is 8.25.